The molecule has 0 bridgehead atoms. The Bertz CT molecular complexity index is 1190. The van der Waals surface area contributed by atoms with Crippen molar-refractivity contribution in [2.45, 2.75) is 25.7 Å². The maximum Gasteiger partial charge on any atom is 0.262 e. The van der Waals surface area contributed by atoms with E-state index in [0.717, 1.165) is 11.1 Å². The van der Waals surface area contributed by atoms with Crippen molar-refractivity contribution in [3.63, 3.8) is 0 Å². The van der Waals surface area contributed by atoms with Gasteiger partial charge in [-0.1, -0.05) is 23.8 Å². The van der Waals surface area contributed by atoms with Crippen LogP contribution in [0.4, 0.5) is 11.4 Å². The normalized spacial score (nSPS) is 11.1. The highest BCUT2D eigenvalue weighted by molar-refractivity contribution is 7.92. The number of amides is 1. The van der Waals surface area contributed by atoms with Crippen molar-refractivity contribution in [2.24, 2.45) is 0 Å². The van der Waals surface area contributed by atoms with Crippen molar-refractivity contribution in [3.8, 4) is 5.75 Å². The summed E-state index contributed by atoms with van der Waals surface area (Å²) >= 11 is 0. The van der Waals surface area contributed by atoms with E-state index in [1.54, 1.807) is 56.5 Å². The summed E-state index contributed by atoms with van der Waals surface area (Å²) in [5, 5.41) is 2.79. The average Bonchev–Trinajstić information content (AvgIpc) is 2.69. The van der Waals surface area contributed by atoms with Crippen molar-refractivity contribution in [1.82, 2.24) is 0 Å². The summed E-state index contributed by atoms with van der Waals surface area (Å²) in [7, 11) is -2.30. The van der Waals surface area contributed by atoms with Crippen LogP contribution in [0.3, 0.4) is 0 Å². The van der Waals surface area contributed by atoms with Gasteiger partial charge in [-0.2, -0.15) is 0 Å². The van der Waals surface area contributed by atoms with Crippen LogP contribution >= 0.6 is 0 Å². The summed E-state index contributed by atoms with van der Waals surface area (Å²) in [5.41, 5.74) is 3.86. The van der Waals surface area contributed by atoms with Crippen LogP contribution in [-0.2, 0) is 10.0 Å². The molecule has 0 aliphatic rings. The minimum absolute atomic E-state index is 0.0942. The third-order valence-corrected chi connectivity index (χ3v) is 6.23. The number of hydrogen-bond donors (Lipinski definition) is 2. The molecule has 6 nitrogen and oxygen atoms in total. The number of anilines is 2. The standard InChI is InChI=1S/C23H24N2O4S/c1-15-5-12-21(17(3)13-15)23(26)24-19-7-6-16(2)22(14-19)30(27,28)25-18-8-10-20(29-4)11-9-18/h5-14,25H,1-4H3,(H,24,26). The van der Waals surface area contributed by atoms with Gasteiger partial charge < -0.3 is 10.1 Å². The summed E-state index contributed by atoms with van der Waals surface area (Å²) in [5.74, 6) is 0.341. The second kappa shape index (κ2) is 8.59. The van der Waals surface area contributed by atoms with Crippen molar-refractivity contribution in [3.05, 3.63) is 82.9 Å². The van der Waals surface area contributed by atoms with Crippen molar-refractivity contribution < 1.29 is 17.9 Å². The summed E-state index contributed by atoms with van der Waals surface area (Å²) < 4.78 is 33.5. The van der Waals surface area contributed by atoms with Gasteiger partial charge in [-0.05, 0) is 74.4 Å². The van der Waals surface area contributed by atoms with E-state index in [4.69, 9.17) is 4.74 Å². The van der Waals surface area contributed by atoms with E-state index < -0.39 is 10.0 Å². The van der Waals surface area contributed by atoms with Gasteiger partial charge in [-0.25, -0.2) is 8.42 Å². The average molecular weight is 425 g/mol. The highest BCUT2D eigenvalue weighted by Crippen LogP contribution is 2.24. The number of ether oxygens (including phenoxy) is 1. The minimum Gasteiger partial charge on any atom is -0.497 e. The molecule has 0 heterocycles. The Labute approximate surface area is 177 Å². The summed E-state index contributed by atoms with van der Waals surface area (Å²) in [6.45, 7) is 5.53. The Morgan fingerprint density at radius 2 is 1.50 bits per heavy atom. The zero-order chi connectivity index (χ0) is 21.9. The van der Waals surface area contributed by atoms with E-state index >= 15 is 0 Å². The quantitative estimate of drug-likeness (QED) is 0.602. The van der Waals surface area contributed by atoms with Crippen LogP contribution < -0.4 is 14.8 Å². The lowest BCUT2D eigenvalue weighted by atomic mass is 10.1. The number of benzene rings is 3. The lowest BCUT2D eigenvalue weighted by molar-refractivity contribution is 0.102. The van der Waals surface area contributed by atoms with Crippen molar-refractivity contribution in [2.75, 3.05) is 17.1 Å². The van der Waals surface area contributed by atoms with Gasteiger partial charge in [0.25, 0.3) is 15.9 Å². The highest BCUT2D eigenvalue weighted by Gasteiger charge is 2.19. The molecular formula is C23H24N2O4S. The number of methoxy groups -OCH3 is 1. The smallest absolute Gasteiger partial charge is 0.262 e. The van der Waals surface area contributed by atoms with Gasteiger partial charge in [0.05, 0.1) is 12.0 Å². The predicted octanol–water partition coefficient (Wildman–Crippen LogP) is 4.67. The molecule has 3 aromatic carbocycles. The van der Waals surface area contributed by atoms with Crippen molar-refractivity contribution in [1.29, 1.82) is 0 Å². The van der Waals surface area contributed by atoms with Gasteiger partial charge in [0.15, 0.2) is 0 Å². The Morgan fingerprint density at radius 3 is 2.13 bits per heavy atom. The monoisotopic (exact) mass is 424 g/mol. The molecule has 0 aromatic heterocycles. The molecule has 0 saturated heterocycles. The first kappa shape index (κ1) is 21.4. The molecule has 3 aromatic rings. The molecular weight excluding hydrogens is 400 g/mol. The SMILES string of the molecule is COc1ccc(NS(=O)(=O)c2cc(NC(=O)c3ccc(C)cc3C)ccc2C)cc1. The number of carbonyl (C=O) groups is 1. The number of sulfonamides is 1. The van der Waals surface area contributed by atoms with E-state index in [0.29, 0.717) is 28.3 Å². The zero-order valence-corrected chi connectivity index (χ0v) is 18.1. The Morgan fingerprint density at radius 1 is 0.833 bits per heavy atom. The molecule has 0 aliphatic heterocycles. The van der Waals surface area contributed by atoms with Crippen LogP contribution in [0.25, 0.3) is 0 Å². The fraction of sp³-hybridized carbons (Fsp3) is 0.174. The summed E-state index contributed by atoms with van der Waals surface area (Å²) in [6, 6.07) is 17.0. The van der Waals surface area contributed by atoms with E-state index in [1.165, 1.54) is 6.07 Å². The van der Waals surface area contributed by atoms with Gasteiger partial charge in [0.1, 0.15) is 5.75 Å². The first-order valence-electron chi connectivity index (χ1n) is 9.36. The lowest BCUT2D eigenvalue weighted by Gasteiger charge is -2.13. The van der Waals surface area contributed by atoms with Crippen LogP contribution in [0.15, 0.2) is 65.6 Å². The molecule has 156 valence electrons. The Hall–Kier alpha value is -3.32. The van der Waals surface area contributed by atoms with E-state index in [1.807, 2.05) is 26.0 Å². The second-order valence-corrected chi connectivity index (χ2v) is 8.74. The number of rotatable bonds is 6. The fourth-order valence-electron chi connectivity index (χ4n) is 3.10. The van der Waals surface area contributed by atoms with Crippen LogP contribution in [0.2, 0.25) is 0 Å². The third-order valence-electron chi connectivity index (χ3n) is 4.70. The molecule has 30 heavy (non-hydrogen) atoms. The van der Waals surface area contributed by atoms with E-state index in [-0.39, 0.29) is 10.8 Å². The van der Waals surface area contributed by atoms with Crippen LogP contribution in [0.1, 0.15) is 27.0 Å². The molecule has 2 N–H and O–H groups in total. The maximum absolute atomic E-state index is 12.9. The highest BCUT2D eigenvalue weighted by atomic mass is 32.2. The van der Waals surface area contributed by atoms with Crippen LogP contribution in [-0.4, -0.2) is 21.4 Å². The summed E-state index contributed by atoms with van der Waals surface area (Å²) in [6.07, 6.45) is 0. The largest absolute Gasteiger partial charge is 0.497 e. The van der Waals surface area contributed by atoms with Gasteiger partial charge in [-0.3, -0.25) is 9.52 Å². The second-order valence-electron chi connectivity index (χ2n) is 7.09. The van der Waals surface area contributed by atoms with Gasteiger partial charge in [0, 0.05) is 16.9 Å². The Kier molecular flexibility index (Phi) is 6.12. The molecule has 0 fully saturated rings. The first-order valence-corrected chi connectivity index (χ1v) is 10.8. The fourth-order valence-corrected chi connectivity index (χ4v) is 4.43. The Balaban J connectivity index is 1.85. The van der Waals surface area contributed by atoms with E-state index in [2.05, 4.69) is 10.0 Å². The predicted molar refractivity (Wildman–Crippen MR) is 119 cm³/mol. The molecule has 1 amide bonds. The molecule has 0 unspecified atom stereocenters. The minimum atomic E-state index is -3.84. The molecule has 0 atom stereocenters. The van der Waals surface area contributed by atoms with Crippen molar-refractivity contribution >= 4 is 27.3 Å². The molecule has 3 rings (SSSR count). The maximum atomic E-state index is 12.9. The molecule has 0 saturated carbocycles. The third kappa shape index (κ3) is 4.80. The number of aryl methyl sites for hydroxylation is 3. The topological polar surface area (TPSA) is 84.5 Å². The molecule has 0 spiro atoms. The lowest BCUT2D eigenvalue weighted by Crippen LogP contribution is -2.16. The molecule has 0 aliphatic carbocycles. The van der Waals surface area contributed by atoms with Gasteiger partial charge >= 0.3 is 0 Å². The van der Waals surface area contributed by atoms with Crippen LogP contribution in [0.5, 0.6) is 5.75 Å². The number of hydrogen-bond acceptors (Lipinski definition) is 4. The number of nitrogens with one attached hydrogen (secondary N) is 2. The van der Waals surface area contributed by atoms with Gasteiger partial charge in [0.2, 0.25) is 0 Å². The van der Waals surface area contributed by atoms with Gasteiger partial charge in [-0.15, -0.1) is 0 Å². The summed E-state index contributed by atoms with van der Waals surface area (Å²) in [4.78, 5) is 12.7. The molecule has 7 heteroatoms. The number of carbonyl (C=O) groups excluding carboxylic acids is 1. The zero-order valence-electron chi connectivity index (χ0n) is 17.3. The first-order chi connectivity index (χ1) is 14.2. The van der Waals surface area contributed by atoms with Crippen LogP contribution in [0, 0.1) is 20.8 Å². The van der Waals surface area contributed by atoms with E-state index in [9.17, 15) is 13.2 Å². The molecule has 0 radical (unpaired) electrons.